The molecule has 9 heteroatoms. The summed E-state index contributed by atoms with van der Waals surface area (Å²) in [6.07, 6.45) is 9.73. The second-order valence-electron chi connectivity index (χ2n) is 6.67. The highest BCUT2D eigenvalue weighted by atomic mass is 16.2. The van der Waals surface area contributed by atoms with Crippen LogP contribution in [-0.4, -0.2) is 43.3 Å². The van der Waals surface area contributed by atoms with E-state index in [0.717, 1.165) is 31.6 Å². The third-order valence-electron chi connectivity index (χ3n) is 4.80. The van der Waals surface area contributed by atoms with Gasteiger partial charge in [-0.3, -0.25) is 23.8 Å². The standard InChI is InChI=1S/C18H21N7O2/c1-23-17-13(9-21-23)18(27)25(12-20-17)11-16(26)22-14-10-19-6-5-15(14)24-7-3-2-4-8-24/h5-6,9-10,12H,2-4,7-8,11H2,1H3,(H,22,26). The number of rotatable bonds is 4. The van der Waals surface area contributed by atoms with E-state index in [1.807, 2.05) is 6.07 Å². The molecule has 0 atom stereocenters. The summed E-state index contributed by atoms with van der Waals surface area (Å²) >= 11 is 0. The van der Waals surface area contributed by atoms with Gasteiger partial charge in [0.25, 0.3) is 5.56 Å². The lowest BCUT2D eigenvalue weighted by molar-refractivity contribution is -0.116. The Morgan fingerprint density at radius 1 is 1.22 bits per heavy atom. The van der Waals surface area contributed by atoms with Crippen LogP contribution in [0.15, 0.2) is 35.8 Å². The van der Waals surface area contributed by atoms with Crippen molar-refractivity contribution in [1.29, 1.82) is 0 Å². The number of carbonyl (C=O) groups is 1. The van der Waals surface area contributed by atoms with Gasteiger partial charge in [0.2, 0.25) is 5.91 Å². The molecule has 1 aliphatic rings. The average Bonchev–Trinajstić information content (AvgIpc) is 3.07. The van der Waals surface area contributed by atoms with E-state index in [2.05, 4.69) is 25.3 Å². The van der Waals surface area contributed by atoms with E-state index in [1.165, 1.54) is 28.2 Å². The lowest BCUT2D eigenvalue weighted by atomic mass is 10.1. The molecule has 1 N–H and O–H groups in total. The van der Waals surface area contributed by atoms with Crippen LogP contribution in [-0.2, 0) is 18.4 Å². The highest BCUT2D eigenvalue weighted by Crippen LogP contribution is 2.27. The number of carbonyl (C=O) groups excluding carboxylic acids is 1. The molecular formula is C18H21N7O2. The van der Waals surface area contributed by atoms with E-state index in [-0.39, 0.29) is 18.0 Å². The molecule has 0 spiro atoms. The second kappa shape index (κ2) is 7.18. The first-order valence-electron chi connectivity index (χ1n) is 8.99. The summed E-state index contributed by atoms with van der Waals surface area (Å²) in [6.45, 7) is 1.81. The van der Waals surface area contributed by atoms with Gasteiger partial charge >= 0.3 is 0 Å². The van der Waals surface area contributed by atoms with Crippen molar-refractivity contribution in [2.45, 2.75) is 25.8 Å². The predicted molar refractivity (Wildman–Crippen MR) is 102 cm³/mol. The first-order valence-corrected chi connectivity index (χ1v) is 8.99. The lowest BCUT2D eigenvalue weighted by Crippen LogP contribution is -2.31. The van der Waals surface area contributed by atoms with E-state index in [4.69, 9.17) is 0 Å². The fraction of sp³-hybridized carbons (Fsp3) is 0.389. The number of anilines is 2. The Balaban J connectivity index is 1.53. The average molecular weight is 367 g/mol. The van der Waals surface area contributed by atoms with Crippen LogP contribution < -0.4 is 15.8 Å². The number of aryl methyl sites for hydroxylation is 1. The first-order chi connectivity index (χ1) is 13.1. The Morgan fingerprint density at radius 3 is 2.85 bits per heavy atom. The molecule has 0 saturated carbocycles. The van der Waals surface area contributed by atoms with Gasteiger partial charge in [0.15, 0.2) is 5.65 Å². The SMILES string of the molecule is Cn1ncc2c(=O)n(CC(=O)Nc3cnccc3N3CCCCC3)cnc21. The van der Waals surface area contributed by atoms with Gasteiger partial charge in [-0.15, -0.1) is 0 Å². The van der Waals surface area contributed by atoms with Crippen LogP contribution in [0, 0.1) is 0 Å². The van der Waals surface area contributed by atoms with Crippen molar-refractivity contribution in [2.75, 3.05) is 23.3 Å². The van der Waals surface area contributed by atoms with E-state index in [1.54, 1.807) is 19.4 Å². The maximum absolute atomic E-state index is 12.5. The van der Waals surface area contributed by atoms with Gasteiger partial charge in [-0.2, -0.15) is 5.10 Å². The number of nitrogens with one attached hydrogen (secondary N) is 1. The molecule has 140 valence electrons. The molecule has 0 radical (unpaired) electrons. The van der Waals surface area contributed by atoms with Gasteiger partial charge in [-0.25, -0.2) is 4.98 Å². The number of fused-ring (bicyclic) bond motifs is 1. The normalized spacial score (nSPS) is 14.5. The smallest absolute Gasteiger partial charge is 0.264 e. The summed E-state index contributed by atoms with van der Waals surface area (Å²) in [7, 11) is 1.72. The Kier molecular flexibility index (Phi) is 4.57. The van der Waals surface area contributed by atoms with Crippen LogP contribution in [0.1, 0.15) is 19.3 Å². The molecule has 1 saturated heterocycles. The zero-order valence-electron chi connectivity index (χ0n) is 15.1. The van der Waals surface area contributed by atoms with Crippen LogP contribution in [0.5, 0.6) is 0 Å². The summed E-state index contributed by atoms with van der Waals surface area (Å²) in [6, 6.07) is 1.91. The van der Waals surface area contributed by atoms with Gasteiger partial charge in [-0.05, 0) is 25.3 Å². The molecule has 0 aromatic carbocycles. The molecule has 4 rings (SSSR count). The first kappa shape index (κ1) is 17.2. The van der Waals surface area contributed by atoms with Crippen LogP contribution in [0.4, 0.5) is 11.4 Å². The molecule has 1 amide bonds. The Labute approximate surface area is 155 Å². The van der Waals surface area contributed by atoms with Crippen molar-refractivity contribution in [3.63, 3.8) is 0 Å². The van der Waals surface area contributed by atoms with Gasteiger partial charge in [0.05, 0.1) is 23.8 Å². The topological polar surface area (TPSA) is 97.9 Å². The number of hydrogen-bond acceptors (Lipinski definition) is 6. The number of aromatic nitrogens is 5. The molecule has 3 aromatic rings. The number of nitrogens with zero attached hydrogens (tertiary/aromatic N) is 6. The van der Waals surface area contributed by atoms with Crippen LogP contribution in [0.3, 0.4) is 0 Å². The molecule has 4 heterocycles. The second-order valence-corrected chi connectivity index (χ2v) is 6.67. The molecule has 3 aromatic heterocycles. The van der Waals surface area contributed by atoms with Crippen molar-refractivity contribution in [1.82, 2.24) is 24.3 Å². The largest absolute Gasteiger partial charge is 0.370 e. The number of piperidine rings is 1. The Hall–Kier alpha value is -3.23. The van der Waals surface area contributed by atoms with Crippen molar-refractivity contribution in [3.05, 3.63) is 41.3 Å². The molecule has 1 fully saturated rings. The molecule has 1 aliphatic heterocycles. The summed E-state index contributed by atoms with van der Waals surface area (Å²) in [5.41, 5.74) is 1.83. The third kappa shape index (κ3) is 3.40. The zero-order valence-corrected chi connectivity index (χ0v) is 15.1. The Bertz CT molecular complexity index is 1030. The molecule has 9 nitrogen and oxygen atoms in total. The number of hydrogen-bond donors (Lipinski definition) is 1. The summed E-state index contributed by atoms with van der Waals surface area (Å²) < 4.78 is 2.82. The predicted octanol–water partition coefficient (Wildman–Crippen LogP) is 1.15. The van der Waals surface area contributed by atoms with Crippen molar-refractivity contribution < 1.29 is 4.79 Å². The fourth-order valence-corrected chi connectivity index (χ4v) is 3.42. The zero-order chi connectivity index (χ0) is 18.8. The molecule has 27 heavy (non-hydrogen) atoms. The lowest BCUT2D eigenvalue weighted by Gasteiger charge is -2.30. The highest BCUT2D eigenvalue weighted by molar-refractivity contribution is 5.94. The van der Waals surface area contributed by atoms with E-state index in [9.17, 15) is 9.59 Å². The minimum atomic E-state index is -0.298. The van der Waals surface area contributed by atoms with E-state index < -0.39 is 0 Å². The highest BCUT2D eigenvalue weighted by Gasteiger charge is 2.17. The van der Waals surface area contributed by atoms with Gasteiger partial charge in [0, 0.05) is 26.3 Å². The Morgan fingerprint density at radius 2 is 2.04 bits per heavy atom. The number of pyridine rings is 1. The maximum Gasteiger partial charge on any atom is 0.264 e. The van der Waals surface area contributed by atoms with Crippen LogP contribution >= 0.6 is 0 Å². The summed E-state index contributed by atoms with van der Waals surface area (Å²) in [4.78, 5) is 35.7. The van der Waals surface area contributed by atoms with Gasteiger partial charge < -0.3 is 10.2 Å². The quantitative estimate of drug-likeness (QED) is 0.743. The minimum absolute atomic E-state index is 0.120. The van der Waals surface area contributed by atoms with Crippen molar-refractivity contribution >= 4 is 28.3 Å². The molecule has 0 unspecified atom stereocenters. The molecular weight excluding hydrogens is 346 g/mol. The third-order valence-corrected chi connectivity index (χ3v) is 4.80. The molecule has 0 bridgehead atoms. The summed E-state index contributed by atoms with van der Waals surface area (Å²) in [5.74, 6) is -0.298. The monoisotopic (exact) mass is 367 g/mol. The van der Waals surface area contributed by atoms with Crippen molar-refractivity contribution in [3.8, 4) is 0 Å². The summed E-state index contributed by atoms with van der Waals surface area (Å²) in [5, 5.41) is 7.31. The minimum Gasteiger partial charge on any atom is -0.370 e. The van der Waals surface area contributed by atoms with Crippen molar-refractivity contribution in [2.24, 2.45) is 7.05 Å². The number of amides is 1. The maximum atomic E-state index is 12.5. The van der Waals surface area contributed by atoms with Gasteiger partial charge in [0.1, 0.15) is 18.3 Å². The van der Waals surface area contributed by atoms with Crippen LogP contribution in [0.2, 0.25) is 0 Å². The van der Waals surface area contributed by atoms with Gasteiger partial charge in [-0.1, -0.05) is 0 Å². The fourth-order valence-electron chi connectivity index (χ4n) is 3.42. The van der Waals surface area contributed by atoms with E-state index in [0.29, 0.717) is 16.7 Å². The molecule has 0 aliphatic carbocycles. The van der Waals surface area contributed by atoms with E-state index >= 15 is 0 Å². The van der Waals surface area contributed by atoms with Crippen LogP contribution in [0.25, 0.3) is 11.0 Å².